The number of nitrogens with zero attached hydrogens (tertiary/aromatic N) is 4. The molecule has 0 aliphatic carbocycles. The number of para-hydroxylation sites is 2. The average molecular weight is 491 g/mol. The van der Waals surface area contributed by atoms with Crippen LogP contribution in [-0.2, 0) is 0 Å². The summed E-state index contributed by atoms with van der Waals surface area (Å²) in [5.74, 6) is -0.676. The quantitative estimate of drug-likeness (QED) is 0.265. The molecule has 0 radical (unpaired) electrons. The summed E-state index contributed by atoms with van der Waals surface area (Å²) in [4.78, 5) is 32.6. The number of fused-ring (bicyclic) bond motifs is 4. The lowest BCUT2D eigenvalue weighted by molar-refractivity contribution is 0.0926. The number of carbonyl (C=O) groups is 2. The molecule has 2 aromatic heterocycles. The van der Waals surface area contributed by atoms with E-state index in [0.29, 0.717) is 28.1 Å². The van der Waals surface area contributed by atoms with Gasteiger partial charge in [-0.15, -0.1) is 0 Å². The number of benzene rings is 4. The van der Waals surface area contributed by atoms with Crippen molar-refractivity contribution in [2.24, 2.45) is 0 Å². The molecule has 2 amide bonds. The highest BCUT2D eigenvalue weighted by Gasteiger charge is 2.39. The first-order valence-electron chi connectivity index (χ1n) is 12.1. The molecule has 0 unspecified atom stereocenters. The van der Waals surface area contributed by atoms with Crippen molar-refractivity contribution in [2.45, 2.75) is 0 Å². The van der Waals surface area contributed by atoms with Crippen LogP contribution < -0.4 is 4.90 Å². The Hall–Kier alpha value is -5.54. The number of hydrogen-bond donors (Lipinski definition) is 0. The Bertz CT molecular complexity index is 1980. The van der Waals surface area contributed by atoms with Gasteiger partial charge in [-0.25, -0.2) is 4.90 Å². The van der Waals surface area contributed by atoms with Crippen LogP contribution in [0.5, 0.6) is 0 Å². The van der Waals surface area contributed by atoms with Crippen molar-refractivity contribution in [2.75, 3.05) is 4.90 Å². The number of hydrogen-bond acceptors (Lipinski definition) is 4. The highest BCUT2D eigenvalue weighted by Crippen LogP contribution is 2.39. The van der Waals surface area contributed by atoms with Gasteiger partial charge in [0, 0.05) is 28.7 Å². The molecule has 178 valence electrons. The lowest BCUT2D eigenvalue weighted by atomic mass is 10.0. The SMILES string of the molecule is N#Cc1ccncc1-c1ccc2c(c1)c1ccccc1n2-c1cccc2c1C(=O)N(c1ccccc1)C2=O. The van der Waals surface area contributed by atoms with Crippen molar-refractivity contribution in [3.63, 3.8) is 0 Å². The fourth-order valence-corrected chi connectivity index (χ4v) is 5.39. The van der Waals surface area contributed by atoms with E-state index in [4.69, 9.17) is 0 Å². The highest BCUT2D eigenvalue weighted by molar-refractivity contribution is 6.35. The fourth-order valence-electron chi connectivity index (χ4n) is 5.39. The lowest BCUT2D eigenvalue weighted by Gasteiger charge is -2.14. The Morgan fingerprint density at radius 1 is 0.711 bits per heavy atom. The summed E-state index contributed by atoms with van der Waals surface area (Å²) in [6, 6.07) is 32.3. The maximum atomic E-state index is 13.8. The number of imide groups is 1. The van der Waals surface area contributed by atoms with E-state index in [1.807, 2.05) is 71.3 Å². The van der Waals surface area contributed by atoms with Crippen molar-refractivity contribution >= 4 is 39.3 Å². The first-order valence-corrected chi connectivity index (χ1v) is 12.1. The fraction of sp³-hybridized carbons (Fsp3) is 0. The van der Waals surface area contributed by atoms with Crippen molar-refractivity contribution in [3.05, 3.63) is 126 Å². The van der Waals surface area contributed by atoms with Crippen LogP contribution in [0.25, 0.3) is 38.6 Å². The zero-order valence-electron chi connectivity index (χ0n) is 20.0. The van der Waals surface area contributed by atoms with Gasteiger partial charge in [0.15, 0.2) is 0 Å². The summed E-state index contributed by atoms with van der Waals surface area (Å²) >= 11 is 0. The summed E-state index contributed by atoms with van der Waals surface area (Å²) in [5, 5.41) is 11.6. The maximum absolute atomic E-state index is 13.8. The topological polar surface area (TPSA) is 79.0 Å². The second-order valence-electron chi connectivity index (χ2n) is 9.10. The Kier molecular flexibility index (Phi) is 4.72. The Morgan fingerprint density at radius 2 is 1.50 bits per heavy atom. The molecule has 0 atom stereocenters. The summed E-state index contributed by atoms with van der Waals surface area (Å²) < 4.78 is 2.04. The number of pyridine rings is 1. The van der Waals surface area contributed by atoms with Gasteiger partial charge in [-0.05, 0) is 54.1 Å². The van der Waals surface area contributed by atoms with E-state index in [2.05, 4.69) is 17.1 Å². The van der Waals surface area contributed by atoms with Crippen LogP contribution in [0.15, 0.2) is 109 Å². The third kappa shape index (κ3) is 3.03. The molecule has 1 aliphatic rings. The van der Waals surface area contributed by atoms with Crippen molar-refractivity contribution in [1.82, 2.24) is 9.55 Å². The molecular weight excluding hydrogens is 472 g/mol. The Morgan fingerprint density at radius 3 is 2.34 bits per heavy atom. The smallest absolute Gasteiger partial charge is 0.268 e. The molecule has 0 saturated carbocycles. The minimum absolute atomic E-state index is 0.332. The lowest BCUT2D eigenvalue weighted by Crippen LogP contribution is -2.29. The van der Waals surface area contributed by atoms with Crippen LogP contribution in [0.4, 0.5) is 5.69 Å². The maximum Gasteiger partial charge on any atom is 0.268 e. The second kappa shape index (κ2) is 8.26. The third-order valence-corrected chi connectivity index (χ3v) is 7.07. The molecule has 6 heteroatoms. The highest BCUT2D eigenvalue weighted by atomic mass is 16.2. The zero-order chi connectivity index (χ0) is 25.8. The number of carbonyl (C=O) groups excluding carboxylic acids is 2. The summed E-state index contributed by atoms with van der Waals surface area (Å²) in [6.07, 6.45) is 3.31. The van der Waals surface area contributed by atoms with Gasteiger partial charge in [-0.3, -0.25) is 14.6 Å². The molecule has 0 spiro atoms. The van der Waals surface area contributed by atoms with Gasteiger partial charge < -0.3 is 4.57 Å². The normalized spacial score (nSPS) is 12.8. The molecule has 38 heavy (non-hydrogen) atoms. The first kappa shape index (κ1) is 21.7. The predicted molar refractivity (Wildman–Crippen MR) is 146 cm³/mol. The number of amides is 2. The van der Waals surface area contributed by atoms with Gasteiger partial charge in [-0.1, -0.05) is 48.5 Å². The molecule has 4 aromatic carbocycles. The molecule has 0 fully saturated rings. The molecule has 6 aromatic rings. The number of rotatable bonds is 3. The molecule has 0 N–H and O–H groups in total. The van der Waals surface area contributed by atoms with Crippen LogP contribution in [0, 0.1) is 11.3 Å². The van der Waals surface area contributed by atoms with Crippen LogP contribution >= 0.6 is 0 Å². The minimum atomic E-state index is -0.344. The molecule has 0 saturated heterocycles. The molecule has 0 bridgehead atoms. The van der Waals surface area contributed by atoms with Gasteiger partial charge >= 0.3 is 0 Å². The van der Waals surface area contributed by atoms with Gasteiger partial charge in [0.25, 0.3) is 11.8 Å². The molecular formula is C32H18N4O2. The molecule has 3 heterocycles. The van der Waals surface area contributed by atoms with Crippen molar-refractivity contribution in [3.8, 4) is 22.9 Å². The van der Waals surface area contributed by atoms with Gasteiger partial charge in [0.1, 0.15) is 0 Å². The average Bonchev–Trinajstić information content (AvgIpc) is 3.44. The second-order valence-corrected chi connectivity index (χ2v) is 9.10. The van der Waals surface area contributed by atoms with E-state index < -0.39 is 0 Å². The minimum Gasteiger partial charge on any atom is -0.308 e. The van der Waals surface area contributed by atoms with Crippen LogP contribution in [0.1, 0.15) is 26.3 Å². The third-order valence-electron chi connectivity index (χ3n) is 7.07. The predicted octanol–water partition coefficient (Wildman–Crippen LogP) is 6.52. The van der Waals surface area contributed by atoms with Gasteiger partial charge in [0.05, 0.1) is 45.2 Å². The van der Waals surface area contributed by atoms with Crippen molar-refractivity contribution in [1.29, 1.82) is 5.26 Å². The van der Waals surface area contributed by atoms with Crippen LogP contribution in [0.3, 0.4) is 0 Å². The number of aromatic nitrogens is 2. The zero-order valence-corrected chi connectivity index (χ0v) is 20.0. The Balaban J connectivity index is 1.48. The van der Waals surface area contributed by atoms with E-state index in [9.17, 15) is 14.9 Å². The standard InChI is InChI=1S/C32H18N4O2/c33-18-21-15-16-34-19-26(21)20-13-14-28-25(17-20)23-9-4-5-11-27(23)36(28)29-12-6-10-24-30(29)32(38)35(31(24)37)22-7-2-1-3-8-22/h1-17,19H. The molecule has 1 aliphatic heterocycles. The largest absolute Gasteiger partial charge is 0.308 e. The van der Waals surface area contributed by atoms with E-state index in [0.717, 1.165) is 32.9 Å². The monoisotopic (exact) mass is 490 g/mol. The summed E-state index contributed by atoms with van der Waals surface area (Å²) in [7, 11) is 0. The number of anilines is 1. The Labute approximate surface area is 217 Å². The number of nitriles is 1. The van der Waals surface area contributed by atoms with Crippen molar-refractivity contribution < 1.29 is 9.59 Å². The summed E-state index contributed by atoms with van der Waals surface area (Å²) in [5.41, 5.74) is 5.95. The van der Waals surface area contributed by atoms with E-state index in [-0.39, 0.29) is 11.8 Å². The first-order chi connectivity index (χ1) is 18.7. The van der Waals surface area contributed by atoms with Crippen LogP contribution in [0.2, 0.25) is 0 Å². The molecule has 6 nitrogen and oxygen atoms in total. The van der Waals surface area contributed by atoms with Crippen LogP contribution in [-0.4, -0.2) is 21.4 Å². The molecule has 7 rings (SSSR count). The summed E-state index contributed by atoms with van der Waals surface area (Å²) in [6.45, 7) is 0. The van der Waals surface area contributed by atoms with Gasteiger partial charge in [0.2, 0.25) is 0 Å². The van der Waals surface area contributed by atoms with Gasteiger partial charge in [-0.2, -0.15) is 5.26 Å². The van der Waals surface area contributed by atoms with E-state index in [1.165, 1.54) is 4.90 Å². The van der Waals surface area contributed by atoms with E-state index in [1.54, 1.807) is 36.7 Å². The van der Waals surface area contributed by atoms with E-state index >= 15 is 0 Å².